The molecule has 0 aromatic heterocycles. The topological polar surface area (TPSA) is 66.3 Å². The number of rotatable bonds is 11. The molecule has 0 amide bonds. The third kappa shape index (κ3) is 9.01. The number of nitrogens with one attached hydrogen (secondary N) is 1. The lowest BCUT2D eigenvalue weighted by atomic mass is 10.0. The molecule has 0 saturated carbocycles. The third-order valence-electron chi connectivity index (χ3n) is 4.33. The summed E-state index contributed by atoms with van der Waals surface area (Å²) >= 11 is 0. The van der Waals surface area contributed by atoms with E-state index in [0.717, 1.165) is 55.4 Å². The van der Waals surface area contributed by atoms with Crippen LogP contribution in [0.3, 0.4) is 0 Å². The summed E-state index contributed by atoms with van der Waals surface area (Å²) in [6.45, 7) is 6.66. The second kappa shape index (κ2) is 14.8. The Morgan fingerprint density at radius 2 is 1.96 bits per heavy atom. The molecule has 1 atom stereocenters. The SMILES string of the molecule is CCCC(CCO)CN=C(NCC)N(C)Cc1ccc(OC)cc1OC.I. The number of aliphatic imine (C=N–C) groups is 1. The highest BCUT2D eigenvalue weighted by molar-refractivity contribution is 14.0. The van der Waals surface area contributed by atoms with Crippen molar-refractivity contribution in [2.45, 2.75) is 39.7 Å². The molecule has 1 unspecified atom stereocenters. The van der Waals surface area contributed by atoms with Crippen molar-refractivity contribution >= 4 is 29.9 Å². The molecule has 0 radical (unpaired) electrons. The van der Waals surface area contributed by atoms with Crippen LogP contribution in [0.5, 0.6) is 11.5 Å². The number of aliphatic hydroxyl groups is 1. The van der Waals surface area contributed by atoms with E-state index in [1.165, 1.54) is 0 Å². The van der Waals surface area contributed by atoms with Gasteiger partial charge in [-0.2, -0.15) is 0 Å². The van der Waals surface area contributed by atoms with Crippen LogP contribution in [0.1, 0.15) is 38.7 Å². The summed E-state index contributed by atoms with van der Waals surface area (Å²) in [7, 11) is 5.34. The summed E-state index contributed by atoms with van der Waals surface area (Å²) in [5, 5.41) is 12.6. The van der Waals surface area contributed by atoms with E-state index < -0.39 is 0 Å². The van der Waals surface area contributed by atoms with Crippen LogP contribution in [0.15, 0.2) is 23.2 Å². The molecule has 1 rings (SSSR count). The van der Waals surface area contributed by atoms with Crippen LogP contribution in [0.2, 0.25) is 0 Å². The number of nitrogens with zero attached hydrogens (tertiary/aromatic N) is 2. The van der Waals surface area contributed by atoms with Gasteiger partial charge < -0.3 is 24.8 Å². The van der Waals surface area contributed by atoms with Crippen LogP contribution >= 0.6 is 24.0 Å². The Morgan fingerprint density at radius 1 is 1.22 bits per heavy atom. The quantitative estimate of drug-likeness (QED) is 0.281. The number of methoxy groups -OCH3 is 2. The zero-order valence-electron chi connectivity index (χ0n) is 17.3. The second-order valence-electron chi connectivity index (χ2n) is 6.40. The minimum Gasteiger partial charge on any atom is -0.497 e. The van der Waals surface area contributed by atoms with Gasteiger partial charge in [-0.05, 0) is 37.8 Å². The van der Waals surface area contributed by atoms with E-state index in [9.17, 15) is 5.11 Å². The fraction of sp³-hybridized carbons (Fsp3) is 0.650. The van der Waals surface area contributed by atoms with Crippen molar-refractivity contribution < 1.29 is 14.6 Å². The molecule has 1 aromatic carbocycles. The first-order valence-electron chi connectivity index (χ1n) is 9.40. The van der Waals surface area contributed by atoms with Crippen molar-refractivity contribution in [3.05, 3.63) is 23.8 Å². The highest BCUT2D eigenvalue weighted by Gasteiger charge is 2.13. The zero-order valence-corrected chi connectivity index (χ0v) is 19.7. The molecule has 2 N–H and O–H groups in total. The summed E-state index contributed by atoms with van der Waals surface area (Å²) in [6.07, 6.45) is 2.99. The van der Waals surface area contributed by atoms with Gasteiger partial charge in [0.2, 0.25) is 0 Å². The fourth-order valence-electron chi connectivity index (χ4n) is 2.92. The Labute approximate surface area is 181 Å². The summed E-state index contributed by atoms with van der Waals surface area (Å²) in [5.41, 5.74) is 1.07. The lowest BCUT2D eigenvalue weighted by Gasteiger charge is -2.24. The summed E-state index contributed by atoms with van der Waals surface area (Å²) in [4.78, 5) is 6.88. The fourth-order valence-corrected chi connectivity index (χ4v) is 2.92. The standard InChI is InChI=1S/C20H35N3O3.HI/c1-6-8-16(11-12-24)14-22-20(21-7-2)23(3)15-17-9-10-18(25-4)13-19(17)26-5;/h9-10,13,16,24H,6-8,11-12,14-15H2,1-5H3,(H,21,22);1H. The largest absolute Gasteiger partial charge is 0.497 e. The lowest BCUT2D eigenvalue weighted by molar-refractivity contribution is 0.253. The Balaban J connectivity index is 0.00000676. The monoisotopic (exact) mass is 493 g/mol. The van der Waals surface area contributed by atoms with E-state index in [0.29, 0.717) is 12.5 Å². The van der Waals surface area contributed by atoms with Gasteiger partial charge in [-0.25, -0.2) is 0 Å². The van der Waals surface area contributed by atoms with Gasteiger partial charge in [-0.3, -0.25) is 4.99 Å². The van der Waals surface area contributed by atoms with Crippen LogP contribution < -0.4 is 14.8 Å². The zero-order chi connectivity index (χ0) is 19.4. The predicted molar refractivity (Wildman–Crippen MR) is 123 cm³/mol. The highest BCUT2D eigenvalue weighted by Crippen LogP contribution is 2.25. The van der Waals surface area contributed by atoms with Crippen molar-refractivity contribution in [2.24, 2.45) is 10.9 Å². The Bertz CT molecular complexity index is 549. The van der Waals surface area contributed by atoms with Gasteiger partial charge in [0.15, 0.2) is 5.96 Å². The van der Waals surface area contributed by atoms with Gasteiger partial charge in [0.05, 0.1) is 14.2 Å². The number of guanidine groups is 1. The summed E-state index contributed by atoms with van der Waals surface area (Å²) in [5.74, 6) is 2.86. The lowest BCUT2D eigenvalue weighted by Crippen LogP contribution is -2.39. The molecule has 0 spiro atoms. The van der Waals surface area contributed by atoms with Crippen LogP contribution in [0.25, 0.3) is 0 Å². The molecule has 156 valence electrons. The number of halogens is 1. The van der Waals surface area contributed by atoms with Gasteiger partial charge in [0.25, 0.3) is 0 Å². The molecule has 0 aliphatic heterocycles. The van der Waals surface area contributed by atoms with Crippen molar-refractivity contribution in [2.75, 3.05) is 41.0 Å². The third-order valence-corrected chi connectivity index (χ3v) is 4.33. The maximum atomic E-state index is 9.24. The highest BCUT2D eigenvalue weighted by atomic mass is 127. The van der Waals surface area contributed by atoms with Gasteiger partial charge in [0, 0.05) is 44.9 Å². The minimum atomic E-state index is 0. The van der Waals surface area contributed by atoms with E-state index in [1.54, 1.807) is 14.2 Å². The van der Waals surface area contributed by atoms with Crippen molar-refractivity contribution in [3.8, 4) is 11.5 Å². The summed E-state index contributed by atoms with van der Waals surface area (Å²) < 4.78 is 10.8. The molecular weight excluding hydrogens is 457 g/mol. The molecule has 0 bridgehead atoms. The van der Waals surface area contributed by atoms with E-state index in [1.807, 2.05) is 25.2 Å². The maximum Gasteiger partial charge on any atom is 0.193 e. The van der Waals surface area contributed by atoms with Crippen LogP contribution in [-0.4, -0.2) is 56.9 Å². The Kier molecular flexibility index (Phi) is 14.1. The van der Waals surface area contributed by atoms with E-state index in [-0.39, 0.29) is 30.6 Å². The van der Waals surface area contributed by atoms with E-state index >= 15 is 0 Å². The molecular formula is C20H36IN3O3. The molecule has 0 fully saturated rings. The molecule has 27 heavy (non-hydrogen) atoms. The first-order valence-corrected chi connectivity index (χ1v) is 9.40. The van der Waals surface area contributed by atoms with Gasteiger partial charge >= 0.3 is 0 Å². The van der Waals surface area contributed by atoms with Crippen molar-refractivity contribution in [1.29, 1.82) is 0 Å². The average molecular weight is 493 g/mol. The normalized spacial score (nSPS) is 12.1. The van der Waals surface area contributed by atoms with Crippen LogP contribution in [0.4, 0.5) is 0 Å². The minimum absolute atomic E-state index is 0. The second-order valence-corrected chi connectivity index (χ2v) is 6.40. The van der Waals surface area contributed by atoms with Crippen LogP contribution in [0, 0.1) is 5.92 Å². The van der Waals surface area contributed by atoms with Crippen molar-refractivity contribution in [3.63, 3.8) is 0 Å². The first kappa shape index (κ1) is 25.8. The smallest absolute Gasteiger partial charge is 0.193 e. The number of ether oxygens (including phenoxy) is 2. The van der Waals surface area contributed by atoms with E-state index in [2.05, 4.69) is 24.1 Å². The maximum absolute atomic E-state index is 9.24. The van der Waals surface area contributed by atoms with Crippen molar-refractivity contribution in [1.82, 2.24) is 10.2 Å². The molecule has 0 saturated heterocycles. The molecule has 6 nitrogen and oxygen atoms in total. The number of aliphatic hydroxyl groups excluding tert-OH is 1. The molecule has 0 aliphatic carbocycles. The van der Waals surface area contributed by atoms with Gasteiger partial charge in [0.1, 0.15) is 11.5 Å². The van der Waals surface area contributed by atoms with Gasteiger partial charge in [-0.1, -0.05) is 13.3 Å². The van der Waals surface area contributed by atoms with E-state index in [4.69, 9.17) is 14.5 Å². The number of hydrogen-bond donors (Lipinski definition) is 2. The predicted octanol–water partition coefficient (Wildman–Crippen LogP) is 3.52. The summed E-state index contributed by atoms with van der Waals surface area (Å²) in [6, 6.07) is 5.85. The van der Waals surface area contributed by atoms with Crippen LogP contribution in [-0.2, 0) is 6.54 Å². The average Bonchev–Trinajstić information content (AvgIpc) is 2.65. The number of hydrogen-bond acceptors (Lipinski definition) is 4. The molecule has 1 aromatic rings. The molecule has 7 heteroatoms. The Morgan fingerprint density at radius 3 is 2.52 bits per heavy atom. The Hall–Kier alpha value is -1.22. The number of benzene rings is 1. The molecule has 0 aliphatic rings. The molecule has 0 heterocycles. The van der Waals surface area contributed by atoms with Gasteiger partial charge in [-0.15, -0.1) is 24.0 Å². The first-order chi connectivity index (χ1) is 12.6.